The van der Waals surface area contributed by atoms with Crippen molar-refractivity contribution in [1.82, 2.24) is 15.5 Å². The largest absolute Gasteiger partial charge is 0.508 e. The summed E-state index contributed by atoms with van der Waals surface area (Å²) in [7, 11) is 0. The molecule has 5 nitrogen and oxygen atoms in total. The fourth-order valence-corrected chi connectivity index (χ4v) is 2.49. The van der Waals surface area contributed by atoms with E-state index >= 15 is 0 Å². The summed E-state index contributed by atoms with van der Waals surface area (Å²) in [4.78, 5) is 2.35. The second-order valence-corrected chi connectivity index (χ2v) is 4.82. The third-order valence-corrected chi connectivity index (χ3v) is 3.44. The van der Waals surface area contributed by atoms with Crippen LogP contribution in [0.5, 0.6) is 5.75 Å². The van der Waals surface area contributed by atoms with E-state index in [1.54, 1.807) is 12.1 Å². The van der Waals surface area contributed by atoms with Gasteiger partial charge in [0.05, 0.1) is 17.6 Å². The molecule has 1 aromatic carbocycles. The number of nitrogens with one attached hydrogen (secondary N) is 2. The second kappa shape index (κ2) is 5.32. The fourth-order valence-electron chi connectivity index (χ4n) is 2.49. The number of rotatable bonds is 3. The van der Waals surface area contributed by atoms with Gasteiger partial charge < -0.3 is 15.3 Å². The van der Waals surface area contributed by atoms with E-state index in [4.69, 9.17) is 0 Å². The maximum atomic E-state index is 9.52. The number of aromatic amines is 1. The number of phenolic OH excluding ortho intramolecular Hbond substituents is 1. The van der Waals surface area contributed by atoms with Gasteiger partial charge in [0.25, 0.3) is 0 Å². The van der Waals surface area contributed by atoms with Crippen LogP contribution in [0.3, 0.4) is 0 Å². The molecular formula is C14H18N4O. The average Bonchev–Trinajstić information content (AvgIpc) is 2.88. The van der Waals surface area contributed by atoms with Gasteiger partial charge in [-0.15, -0.1) is 0 Å². The number of phenols is 1. The van der Waals surface area contributed by atoms with Crippen LogP contribution in [0.4, 0.5) is 5.69 Å². The van der Waals surface area contributed by atoms with E-state index in [0.29, 0.717) is 5.75 Å². The number of benzene rings is 1. The third-order valence-electron chi connectivity index (χ3n) is 3.44. The molecule has 0 unspecified atom stereocenters. The van der Waals surface area contributed by atoms with Crippen LogP contribution in [0, 0.1) is 0 Å². The first-order chi connectivity index (χ1) is 9.33. The lowest BCUT2D eigenvalue weighted by molar-refractivity contribution is 0.474. The van der Waals surface area contributed by atoms with Gasteiger partial charge in [0.2, 0.25) is 0 Å². The van der Waals surface area contributed by atoms with E-state index < -0.39 is 0 Å². The molecule has 100 valence electrons. The molecule has 3 N–H and O–H groups in total. The first kappa shape index (κ1) is 12.0. The van der Waals surface area contributed by atoms with Gasteiger partial charge in [0, 0.05) is 32.6 Å². The van der Waals surface area contributed by atoms with Crippen LogP contribution in [0.1, 0.15) is 11.3 Å². The molecule has 0 amide bonds. The topological polar surface area (TPSA) is 64.2 Å². The summed E-state index contributed by atoms with van der Waals surface area (Å²) in [6.07, 6.45) is 2.65. The highest BCUT2D eigenvalue weighted by Gasteiger charge is 2.16. The van der Waals surface area contributed by atoms with E-state index in [2.05, 4.69) is 20.4 Å². The predicted molar refractivity (Wildman–Crippen MR) is 74.6 cm³/mol. The first-order valence-corrected chi connectivity index (χ1v) is 6.59. The van der Waals surface area contributed by atoms with Crippen LogP contribution in [0.2, 0.25) is 0 Å². The van der Waals surface area contributed by atoms with E-state index in [1.807, 2.05) is 18.3 Å². The molecule has 2 aromatic rings. The van der Waals surface area contributed by atoms with Gasteiger partial charge in [0.1, 0.15) is 5.75 Å². The Morgan fingerprint density at radius 1 is 1.26 bits per heavy atom. The summed E-state index contributed by atoms with van der Waals surface area (Å²) >= 11 is 0. The Kier molecular flexibility index (Phi) is 3.37. The van der Waals surface area contributed by atoms with Crippen molar-refractivity contribution in [3.05, 3.63) is 41.7 Å². The minimum atomic E-state index is 0.306. The third kappa shape index (κ3) is 2.71. The van der Waals surface area contributed by atoms with Gasteiger partial charge in [0.15, 0.2) is 0 Å². The molecule has 2 heterocycles. The maximum absolute atomic E-state index is 9.52. The summed E-state index contributed by atoms with van der Waals surface area (Å²) in [5.74, 6) is 0.306. The van der Waals surface area contributed by atoms with Gasteiger partial charge >= 0.3 is 0 Å². The van der Waals surface area contributed by atoms with Crippen LogP contribution in [0.25, 0.3) is 0 Å². The number of anilines is 1. The van der Waals surface area contributed by atoms with Crippen LogP contribution in [-0.2, 0) is 6.42 Å². The zero-order chi connectivity index (χ0) is 13.1. The molecular weight excluding hydrogens is 240 g/mol. The number of nitrogens with zero attached hydrogens (tertiary/aromatic N) is 2. The zero-order valence-electron chi connectivity index (χ0n) is 10.8. The van der Waals surface area contributed by atoms with Crippen molar-refractivity contribution in [2.45, 2.75) is 6.42 Å². The Labute approximate surface area is 112 Å². The predicted octanol–water partition coefficient (Wildman–Crippen LogP) is 1.12. The van der Waals surface area contributed by atoms with Crippen molar-refractivity contribution in [3.63, 3.8) is 0 Å². The molecule has 0 aliphatic carbocycles. The van der Waals surface area contributed by atoms with Crippen molar-refractivity contribution in [3.8, 4) is 5.75 Å². The Hall–Kier alpha value is -2.01. The number of piperazine rings is 1. The van der Waals surface area contributed by atoms with Gasteiger partial charge in [-0.2, -0.15) is 5.10 Å². The number of H-pyrrole nitrogens is 1. The summed E-state index contributed by atoms with van der Waals surface area (Å²) in [6.45, 7) is 4.03. The monoisotopic (exact) mass is 258 g/mol. The molecule has 1 aliphatic heterocycles. The number of aromatic hydroxyl groups is 1. The van der Waals surface area contributed by atoms with Gasteiger partial charge in [-0.1, -0.05) is 12.1 Å². The number of aromatic nitrogens is 2. The van der Waals surface area contributed by atoms with Crippen molar-refractivity contribution >= 4 is 5.69 Å². The van der Waals surface area contributed by atoms with Crippen molar-refractivity contribution in [2.24, 2.45) is 0 Å². The summed E-state index contributed by atoms with van der Waals surface area (Å²) < 4.78 is 0. The van der Waals surface area contributed by atoms with E-state index in [-0.39, 0.29) is 0 Å². The Morgan fingerprint density at radius 3 is 2.89 bits per heavy atom. The first-order valence-electron chi connectivity index (χ1n) is 6.59. The molecule has 0 bridgehead atoms. The lowest BCUT2D eigenvalue weighted by Crippen LogP contribution is -2.43. The van der Waals surface area contributed by atoms with Gasteiger partial charge in [-0.25, -0.2) is 0 Å². The molecule has 1 fully saturated rings. The average molecular weight is 258 g/mol. The molecule has 19 heavy (non-hydrogen) atoms. The smallest absolute Gasteiger partial charge is 0.115 e. The Morgan fingerprint density at radius 2 is 2.11 bits per heavy atom. The van der Waals surface area contributed by atoms with Crippen LogP contribution in [-0.4, -0.2) is 41.5 Å². The zero-order valence-corrected chi connectivity index (χ0v) is 10.8. The highest BCUT2D eigenvalue weighted by Crippen LogP contribution is 2.22. The standard InChI is InChI=1S/C14H18N4O/c19-12-3-1-2-11(8-12)9-13-14(10-16-17-13)18-6-4-15-5-7-18/h1-3,8,10,15,19H,4-7,9H2,(H,16,17). The molecule has 1 saturated heterocycles. The molecule has 5 heteroatoms. The molecule has 0 radical (unpaired) electrons. The van der Waals surface area contributed by atoms with E-state index in [0.717, 1.165) is 43.9 Å². The van der Waals surface area contributed by atoms with Crippen molar-refractivity contribution in [1.29, 1.82) is 0 Å². The van der Waals surface area contributed by atoms with Crippen molar-refractivity contribution < 1.29 is 5.11 Å². The van der Waals surface area contributed by atoms with Gasteiger partial charge in [-0.3, -0.25) is 5.10 Å². The molecule has 0 spiro atoms. The van der Waals surface area contributed by atoms with E-state index in [9.17, 15) is 5.11 Å². The molecule has 1 aliphatic rings. The second-order valence-electron chi connectivity index (χ2n) is 4.82. The van der Waals surface area contributed by atoms with Crippen LogP contribution in [0.15, 0.2) is 30.5 Å². The molecule has 0 atom stereocenters. The van der Waals surface area contributed by atoms with E-state index in [1.165, 1.54) is 5.69 Å². The lowest BCUT2D eigenvalue weighted by atomic mass is 10.1. The SMILES string of the molecule is Oc1cccc(Cc2[nH]ncc2N2CCNCC2)c1. The molecule has 3 rings (SSSR count). The highest BCUT2D eigenvalue weighted by atomic mass is 16.3. The normalized spacial score (nSPS) is 15.7. The minimum absolute atomic E-state index is 0.306. The molecule has 0 saturated carbocycles. The quantitative estimate of drug-likeness (QED) is 0.772. The summed E-state index contributed by atoms with van der Waals surface area (Å²) in [5, 5.41) is 20.1. The Balaban J connectivity index is 1.80. The van der Waals surface area contributed by atoms with Crippen molar-refractivity contribution in [2.75, 3.05) is 31.1 Å². The van der Waals surface area contributed by atoms with Gasteiger partial charge in [-0.05, 0) is 17.7 Å². The Bertz CT molecular complexity index is 546. The number of hydrogen-bond donors (Lipinski definition) is 3. The lowest BCUT2D eigenvalue weighted by Gasteiger charge is -2.29. The van der Waals surface area contributed by atoms with Crippen LogP contribution < -0.4 is 10.2 Å². The molecule has 1 aromatic heterocycles. The van der Waals surface area contributed by atoms with Crippen LogP contribution >= 0.6 is 0 Å². The number of hydrogen-bond acceptors (Lipinski definition) is 4. The summed E-state index contributed by atoms with van der Waals surface area (Å²) in [5.41, 5.74) is 3.36. The minimum Gasteiger partial charge on any atom is -0.508 e. The summed E-state index contributed by atoms with van der Waals surface area (Å²) in [6, 6.07) is 7.36. The fraction of sp³-hybridized carbons (Fsp3) is 0.357. The highest BCUT2D eigenvalue weighted by molar-refractivity contribution is 5.51. The maximum Gasteiger partial charge on any atom is 0.115 e.